The molecular weight excluding hydrogens is 398 g/mol. The maximum absolute atomic E-state index is 13.0. The van der Waals surface area contributed by atoms with Gasteiger partial charge < -0.3 is 5.32 Å². The van der Waals surface area contributed by atoms with Crippen LogP contribution in [0.15, 0.2) is 83.8 Å². The van der Waals surface area contributed by atoms with E-state index in [9.17, 15) is 9.59 Å². The number of benzene rings is 2. The first-order valence-corrected chi connectivity index (χ1v) is 9.99. The lowest BCUT2D eigenvalue weighted by atomic mass is 9.88. The highest BCUT2D eigenvalue weighted by Gasteiger charge is 2.20. The van der Waals surface area contributed by atoms with Gasteiger partial charge in [0.25, 0.3) is 5.56 Å². The van der Waals surface area contributed by atoms with Crippen LogP contribution in [0.3, 0.4) is 0 Å². The molecule has 5 nitrogen and oxygen atoms in total. The Morgan fingerprint density at radius 2 is 1.60 bits per heavy atom. The van der Waals surface area contributed by atoms with E-state index >= 15 is 0 Å². The molecule has 0 atom stereocenters. The van der Waals surface area contributed by atoms with Gasteiger partial charge in [-0.05, 0) is 30.2 Å². The second kappa shape index (κ2) is 8.51. The molecule has 150 valence electrons. The Morgan fingerprint density at radius 3 is 2.20 bits per heavy atom. The third kappa shape index (κ3) is 4.11. The molecule has 30 heavy (non-hydrogen) atoms. The number of fused-ring (bicyclic) bond motifs is 1. The third-order valence-electron chi connectivity index (χ3n) is 5.03. The number of hydrogen-bond donors (Lipinski definition) is 1. The van der Waals surface area contributed by atoms with Gasteiger partial charge in [-0.15, -0.1) is 0 Å². The summed E-state index contributed by atoms with van der Waals surface area (Å²) in [6, 6.07) is 23.1. The minimum absolute atomic E-state index is 0.127. The molecule has 6 heteroatoms. The number of aromatic nitrogens is 2. The molecule has 4 aromatic rings. The number of hydrogen-bond acceptors (Lipinski definition) is 3. The highest BCUT2D eigenvalue weighted by molar-refractivity contribution is 6.30. The van der Waals surface area contributed by atoms with Crippen molar-refractivity contribution in [1.82, 2.24) is 9.38 Å². The molecule has 0 saturated heterocycles. The molecule has 0 bridgehead atoms. The van der Waals surface area contributed by atoms with Crippen LogP contribution in [0, 0.1) is 6.92 Å². The van der Waals surface area contributed by atoms with E-state index in [1.807, 2.05) is 60.7 Å². The van der Waals surface area contributed by atoms with Crippen LogP contribution >= 0.6 is 11.6 Å². The van der Waals surface area contributed by atoms with Crippen LogP contribution in [-0.2, 0) is 4.79 Å². The lowest BCUT2D eigenvalue weighted by Gasteiger charge is -2.18. The molecule has 0 unspecified atom stereocenters. The number of rotatable bonds is 5. The molecule has 1 amide bonds. The Bertz CT molecular complexity index is 1210. The van der Waals surface area contributed by atoms with Crippen molar-refractivity contribution in [3.8, 4) is 0 Å². The Hall–Kier alpha value is -3.44. The van der Waals surface area contributed by atoms with Crippen molar-refractivity contribution in [3.63, 3.8) is 0 Å². The smallest absolute Gasteiger partial charge is 0.281 e. The molecule has 2 aromatic heterocycles. The number of halogens is 1. The molecule has 0 saturated carbocycles. The quantitative estimate of drug-likeness (QED) is 0.506. The summed E-state index contributed by atoms with van der Waals surface area (Å²) in [5.41, 5.74) is 2.83. The second-order valence-electron chi connectivity index (χ2n) is 7.08. The Kier molecular flexibility index (Phi) is 5.63. The molecular formula is C24H20ClN3O2. The van der Waals surface area contributed by atoms with Gasteiger partial charge in [0.15, 0.2) is 0 Å². The topological polar surface area (TPSA) is 63.5 Å². The molecule has 0 radical (unpaired) electrons. The van der Waals surface area contributed by atoms with Crippen LogP contribution in [0.1, 0.15) is 29.2 Å². The van der Waals surface area contributed by atoms with Gasteiger partial charge in [0.05, 0.1) is 10.7 Å². The first kappa shape index (κ1) is 19.9. The van der Waals surface area contributed by atoms with Gasteiger partial charge in [-0.3, -0.25) is 14.0 Å². The normalized spacial score (nSPS) is 11.0. The fourth-order valence-corrected chi connectivity index (χ4v) is 3.70. The summed E-state index contributed by atoms with van der Waals surface area (Å²) in [5.74, 6) is -0.380. The molecule has 2 heterocycles. The van der Waals surface area contributed by atoms with Crippen LogP contribution in [-0.4, -0.2) is 15.3 Å². The number of aryl methyl sites for hydroxylation is 1. The summed E-state index contributed by atoms with van der Waals surface area (Å²) >= 11 is 6.02. The van der Waals surface area contributed by atoms with Crippen LogP contribution in [0.25, 0.3) is 5.65 Å². The van der Waals surface area contributed by atoms with E-state index in [0.717, 1.165) is 11.1 Å². The number of carbonyl (C=O) groups is 1. The minimum Gasteiger partial charge on any atom is -0.320 e. The maximum Gasteiger partial charge on any atom is 0.281 e. The summed E-state index contributed by atoms with van der Waals surface area (Å²) in [7, 11) is 0. The van der Waals surface area contributed by atoms with Crippen LogP contribution in [0.2, 0.25) is 5.02 Å². The average molecular weight is 418 g/mol. The van der Waals surface area contributed by atoms with E-state index in [2.05, 4.69) is 10.3 Å². The van der Waals surface area contributed by atoms with Gasteiger partial charge in [-0.2, -0.15) is 0 Å². The van der Waals surface area contributed by atoms with Gasteiger partial charge in [0.1, 0.15) is 11.3 Å². The van der Waals surface area contributed by atoms with E-state index in [4.69, 9.17) is 11.6 Å². The molecule has 4 rings (SSSR count). The lowest BCUT2D eigenvalue weighted by Crippen LogP contribution is -2.26. The van der Waals surface area contributed by atoms with Crippen molar-refractivity contribution in [3.05, 3.63) is 111 Å². The number of amides is 1. The fraction of sp³-hybridized carbons (Fsp3) is 0.125. The zero-order valence-corrected chi connectivity index (χ0v) is 17.1. The first-order valence-electron chi connectivity index (χ1n) is 9.61. The van der Waals surface area contributed by atoms with Crippen molar-refractivity contribution < 1.29 is 4.79 Å². The van der Waals surface area contributed by atoms with E-state index in [0.29, 0.717) is 16.4 Å². The maximum atomic E-state index is 13.0. The number of nitrogens with zero attached hydrogens (tertiary/aromatic N) is 2. The molecule has 0 aliphatic rings. The Balaban J connectivity index is 1.65. The summed E-state index contributed by atoms with van der Waals surface area (Å²) in [6.07, 6.45) is 1.70. The SMILES string of the molecule is Cc1nc2ccc(Cl)cn2c(=O)c1NC(=O)CC(c1ccccc1)c1ccccc1. The van der Waals surface area contributed by atoms with Crippen molar-refractivity contribution in [2.75, 3.05) is 5.32 Å². The highest BCUT2D eigenvalue weighted by Crippen LogP contribution is 2.28. The van der Waals surface area contributed by atoms with Crippen molar-refractivity contribution in [2.45, 2.75) is 19.3 Å². The van der Waals surface area contributed by atoms with E-state index < -0.39 is 0 Å². The number of nitrogens with one attached hydrogen (secondary N) is 1. The van der Waals surface area contributed by atoms with Gasteiger partial charge in [-0.1, -0.05) is 72.3 Å². The second-order valence-corrected chi connectivity index (χ2v) is 7.52. The zero-order chi connectivity index (χ0) is 21.1. The molecule has 0 aliphatic carbocycles. The number of anilines is 1. The Labute approximate surface area is 179 Å². The monoisotopic (exact) mass is 417 g/mol. The zero-order valence-electron chi connectivity index (χ0n) is 16.4. The molecule has 0 fully saturated rings. The predicted molar refractivity (Wildman–Crippen MR) is 119 cm³/mol. The van der Waals surface area contributed by atoms with Crippen LogP contribution in [0.4, 0.5) is 5.69 Å². The molecule has 0 spiro atoms. The fourth-order valence-electron chi connectivity index (χ4n) is 3.54. The number of pyridine rings is 1. The first-order chi connectivity index (χ1) is 14.5. The standard InChI is InChI=1S/C24H20ClN3O2/c1-16-23(24(30)28-15-19(25)12-13-21(28)26-16)27-22(29)14-20(17-8-4-2-5-9-17)18-10-6-3-7-11-18/h2-13,15,20H,14H2,1H3,(H,27,29). The van der Waals surface area contributed by atoms with E-state index in [-0.39, 0.29) is 29.5 Å². The van der Waals surface area contributed by atoms with Crippen LogP contribution in [0.5, 0.6) is 0 Å². The lowest BCUT2D eigenvalue weighted by molar-refractivity contribution is -0.116. The highest BCUT2D eigenvalue weighted by atomic mass is 35.5. The summed E-state index contributed by atoms with van der Waals surface area (Å²) in [6.45, 7) is 1.71. The minimum atomic E-state index is -0.357. The largest absolute Gasteiger partial charge is 0.320 e. The van der Waals surface area contributed by atoms with Crippen molar-refractivity contribution >= 4 is 28.8 Å². The van der Waals surface area contributed by atoms with Gasteiger partial charge >= 0.3 is 0 Å². The third-order valence-corrected chi connectivity index (χ3v) is 5.25. The number of carbonyl (C=O) groups excluding carboxylic acids is 1. The summed E-state index contributed by atoms with van der Waals surface area (Å²) in [5, 5.41) is 3.20. The van der Waals surface area contributed by atoms with E-state index in [1.54, 1.807) is 19.1 Å². The molecule has 0 aliphatic heterocycles. The van der Waals surface area contributed by atoms with Gasteiger partial charge in [-0.25, -0.2) is 4.98 Å². The summed E-state index contributed by atoms with van der Waals surface area (Å²) < 4.78 is 1.34. The average Bonchev–Trinajstić information content (AvgIpc) is 2.77. The van der Waals surface area contributed by atoms with Crippen molar-refractivity contribution in [2.24, 2.45) is 0 Å². The predicted octanol–water partition coefficient (Wildman–Crippen LogP) is 4.82. The van der Waals surface area contributed by atoms with Crippen LogP contribution < -0.4 is 10.9 Å². The summed E-state index contributed by atoms with van der Waals surface area (Å²) in [4.78, 5) is 30.3. The van der Waals surface area contributed by atoms with E-state index in [1.165, 1.54) is 10.6 Å². The van der Waals surface area contributed by atoms with Gasteiger partial charge in [0.2, 0.25) is 5.91 Å². The van der Waals surface area contributed by atoms with Gasteiger partial charge in [0, 0.05) is 18.5 Å². The Morgan fingerprint density at radius 1 is 1.00 bits per heavy atom. The molecule has 1 N–H and O–H groups in total. The molecule has 2 aromatic carbocycles. The van der Waals surface area contributed by atoms with Crippen molar-refractivity contribution in [1.29, 1.82) is 0 Å².